The molecule has 3 rings (SSSR count). The number of nitrogens with one attached hydrogen (secondary N) is 3. The molecule has 18 heavy (non-hydrogen) atoms. The average Bonchev–Trinajstić information content (AvgIpc) is 2.78. The van der Waals surface area contributed by atoms with Crippen molar-refractivity contribution in [2.24, 2.45) is 4.99 Å². The van der Waals surface area contributed by atoms with Crippen LogP contribution in [-0.2, 0) is 0 Å². The zero-order valence-corrected chi connectivity index (χ0v) is 9.94. The number of aliphatic imine (C=N–C) groups is 1. The fourth-order valence-corrected chi connectivity index (χ4v) is 1.89. The standard InChI is InChI=1S/C13H13N5/c1-9-6-10(7-15-13(9)14)8-18-12-5-3-2-4-11(12)16-17-18/h2-8,14,16-17H,1H3. The quantitative estimate of drug-likeness (QED) is 0.704. The predicted molar refractivity (Wildman–Crippen MR) is 73.7 cm³/mol. The van der Waals surface area contributed by atoms with Crippen molar-refractivity contribution in [3.63, 3.8) is 0 Å². The third-order valence-electron chi connectivity index (χ3n) is 2.85. The molecule has 0 aromatic heterocycles. The number of amidine groups is 1. The van der Waals surface area contributed by atoms with Crippen LogP contribution in [0, 0.1) is 5.41 Å². The largest absolute Gasteiger partial charge is 0.301 e. The summed E-state index contributed by atoms with van der Waals surface area (Å²) >= 11 is 0. The first kappa shape index (κ1) is 10.7. The van der Waals surface area contributed by atoms with Crippen molar-refractivity contribution >= 4 is 23.4 Å². The maximum atomic E-state index is 7.55. The van der Waals surface area contributed by atoms with E-state index in [2.05, 4.69) is 16.0 Å². The van der Waals surface area contributed by atoms with Crippen LogP contribution in [0.2, 0.25) is 0 Å². The van der Waals surface area contributed by atoms with Gasteiger partial charge in [0.05, 0.1) is 11.4 Å². The Kier molecular flexibility index (Phi) is 2.46. The molecule has 2 aliphatic rings. The van der Waals surface area contributed by atoms with Gasteiger partial charge in [-0.3, -0.25) is 10.4 Å². The molecule has 5 nitrogen and oxygen atoms in total. The van der Waals surface area contributed by atoms with E-state index in [1.165, 1.54) is 0 Å². The van der Waals surface area contributed by atoms with Gasteiger partial charge in [-0.25, -0.2) is 4.99 Å². The van der Waals surface area contributed by atoms with E-state index in [0.29, 0.717) is 5.84 Å². The minimum atomic E-state index is 0.319. The summed E-state index contributed by atoms with van der Waals surface area (Å²) in [5.74, 6) is 0.319. The fourth-order valence-electron chi connectivity index (χ4n) is 1.89. The number of rotatable bonds is 1. The molecule has 1 aromatic rings. The van der Waals surface area contributed by atoms with Crippen LogP contribution >= 0.6 is 0 Å². The summed E-state index contributed by atoms with van der Waals surface area (Å²) in [6.07, 6.45) is 5.58. The Labute approximate surface area is 105 Å². The normalized spacial score (nSPS) is 19.8. The van der Waals surface area contributed by atoms with Crippen LogP contribution in [0.5, 0.6) is 0 Å². The summed E-state index contributed by atoms with van der Waals surface area (Å²) in [6.45, 7) is 1.89. The van der Waals surface area contributed by atoms with E-state index in [1.807, 2.05) is 48.5 Å². The lowest BCUT2D eigenvalue weighted by atomic mass is 10.1. The number of hydrazine groups is 2. The first-order valence-electron chi connectivity index (χ1n) is 5.67. The number of hydrogen-bond acceptors (Lipinski definition) is 4. The Morgan fingerprint density at radius 2 is 2.17 bits per heavy atom. The second-order valence-corrected chi connectivity index (χ2v) is 4.19. The van der Waals surface area contributed by atoms with Crippen LogP contribution in [0.15, 0.2) is 52.7 Å². The monoisotopic (exact) mass is 239 g/mol. The van der Waals surface area contributed by atoms with Crippen molar-refractivity contribution in [2.75, 3.05) is 10.4 Å². The highest BCUT2D eigenvalue weighted by molar-refractivity contribution is 6.07. The molecule has 0 bridgehead atoms. The number of anilines is 2. The lowest BCUT2D eigenvalue weighted by Gasteiger charge is -2.14. The lowest BCUT2D eigenvalue weighted by molar-refractivity contribution is 0.854. The van der Waals surface area contributed by atoms with Gasteiger partial charge in [-0.1, -0.05) is 12.1 Å². The number of hydrogen-bond donors (Lipinski definition) is 3. The first-order valence-corrected chi connectivity index (χ1v) is 5.67. The molecule has 0 atom stereocenters. The van der Waals surface area contributed by atoms with Crippen molar-refractivity contribution < 1.29 is 0 Å². The topological polar surface area (TPSA) is 63.5 Å². The van der Waals surface area contributed by atoms with Crippen LogP contribution in [0.1, 0.15) is 6.92 Å². The Hall–Kier alpha value is -2.40. The molecular weight excluding hydrogens is 226 g/mol. The summed E-state index contributed by atoms with van der Waals surface area (Å²) in [5.41, 5.74) is 10.1. The van der Waals surface area contributed by atoms with Gasteiger partial charge in [0.2, 0.25) is 0 Å². The molecule has 0 unspecified atom stereocenters. The highest BCUT2D eigenvalue weighted by Gasteiger charge is 2.16. The van der Waals surface area contributed by atoms with Crippen molar-refractivity contribution in [2.45, 2.75) is 6.92 Å². The molecule has 0 spiro atoms. The van der Waals surface area contributed by atoms with Crippen LogP contribution in [-0.4, -0.2) is 12.1 Å². The number of para-hydroxylation sites is 2. The first-order chi connectivity index (χ1) is 8.74. The smallest absolute Gasteiger partial charge is 0.147 e. The fraction of sp³-hybridized carbons (Fsp3) is 0.0769. The Morgan fingerprint density at radius 1 is 1.33 bits per heavy atom. The summed E-state index contributed by atoms with van der Waals surface area (Å²) < 4.78 is 0. The third-order valence-corrected chi connectivity index (χ3v) is 2.85. The number of dihydropyridines is 1. The van der Waals surface area contributed by atoms with E-state index in [0.717, 1.165) is 22.5 Å². The van der Waals surface area contributed by atoms with Gasteiger partial charge in [-0.15, -0.1) is 5.53 Å². The van der Waals surface area contributed by atoms with Gasteiger partial charge in [0.15, 0.2) is 0 Å². The van der Waals surface area contributed by atoms with Gasteiger partial charge < -0.3 is 5.43 Å². The maximum absolute atomic E-state index is 7.55. The van der Waals surface area contributed by atoms with Crippen molar-refractivity contribution in [3.05, 3.63) is 47.7 Å². The van der Waals surface area contributed by atoms with Gasteiger partial charge >= 0.3 is 0 Å². The van der Waals surface area contributed by atoms with Crippen molar-refractivity contribution in [1.82, 2.24) is 5.53 Å². The summed E-state index contributed by atoms with van der Waals surface area (Å²) in [6, 6.07) is 8.01. The van der Waals surface area contributed by atoms with Gasteiger partial charge in [-0.05, 0) is 30.7 Å². The SMILES string of the molecule is CC1=CC(=CN2NNc3ccccc32)C=NC1=N. The average molecular weight is 239 g/mol. The number of fused-ring (bicyclic) bond motifs is 1. The Morgan fingerprint density at radius 3 is 3.00 bits per heavy atom. The van der Waals surface area contributed by atoms with Crippen LogP contribution in [0.3, 0.4) is 0 Å². The van der Waals surface area contributed by atoms with Gasteiger partial charge in [-0.2, -0.15) is 0 Å². The molecule has 0 saturated heterocycles. The molecule has 0 amide bonds. The highest BCUT2D eigenvalue weighted by atomic mass is 15.7. The molecule has 1 aromatic carbocycles. The second kappa shape index (κ2) is 4.12. The molecule has 3 N–H and O–H groups in total. The highest BCUT2D eigenvalue weighted by Crippen LogP contribution is 2.28. The van der Waals surface area contributed by atoms with Crippen molar-refractivity contribution in [1.29, 1.82) is 5.41 Å². The maximum Gasteiger partial charge on any atom is 0.147 e. The molecular formula is C13H13N5. The van der Waals surface area contributed by atoms with Crippen LogP contribution in [0.25, 0.3) is 0 Å². The van der Waals surface area contributed by atoms with Gasteiger partial charge in [0.1, 0.15) is 5.84 Å². The Balaban J connectivity index is 1.91. The van der Waals surface area contributed by atoms with E-state index in [9.17, 15) is 0 Å². The molecule has 2 heterocycles. The number of allylic oxidation sites excluding steroid dienone is 2. The molecule has 0 saturated carbocycles. The summed E-state index contributed by atoms with van der Waals surface area (Å²) in [5, 5.41) is 9.45. The zero-order chi connectivity index (χ0) is 12.5. The molecule has 0 aliphatic carbocycles. The lowest BCUT2D eigenvalue weighted by Crippen LogP contribution is -2.31. The minimum absolute atomic E-state index is 0.319. The molecule has 90 valence electrons. The van der Waals surface area contributed by atoms with Gasteiger partial charge in [0.25, 0.3) is 0 Å². The van der Waals surface area contributed by atoms with E-state index < -0.39 is 0 Å². The number of benzene rings is 1. The van der Waals surface area contributed by atoms with Crippen LogP contribution < -0.4 is 16.0 Å². The second-order valence-electron chi connectivity index (χ2n) is 4.19. The third kappa shape index (κ3) is 1.80. The predicted octanol–water partition coefficient (Wildman–Crippen LogP) is 2.23. The summed E-state index contributed by atoms with van der Waals surface area (Å²) in [4.78, 5) is 4.04. The van der Waals surface area contributed by atoms with Gasteiger partial charge in [0, 0.05) is 18.0 Å². The zero-order valence-electron chi connectivity index (χ0n) is 9.94. The van der Waals surface area contributed by atoms with E-state index in [-0.39, 0.29) is 0 Å². The molecule has 0 fully saturated rings. The van der Waals surface area contributed by atoms with E-state index in [4.69, 9.17) is 5.41 Å². The Bertz CT molecular complexity index is 597. The number of nitrogens with zero attached hydrogens (tertiary/aromatic N) is 2. The molecule has 5 heteroatoms. The molecule has 2 aliphatic heterocycles. The van der Waals surface area contributed by atoms with Crippen LogP contribution in [0.4, 0.5) is 11.4 Å². The molecule has 0 radical (unpaired) electrons. The minimum Gasteiger partial charge on any atom is -0.301 e. The van der Waals surface area contributed by atoms with E-state index in [1.54, 1.807) is 6.21 Å². The summed E-state index contributed by atoms with van der Waals surface area (Å²) in [7, 11) is 0. The van der Waals surface area contributed by atoms with E-state index >= 15 is 0 Å². The van der Waals surface area contributed by atoms with Crippen molar-refractivity contribution in [3.8, 4) is 0 Å².